The number of hydrogen-bond acceptors (Lipinski definition) is 4. The van der Waals surface area contributed by atoms with E-state index < -0.39 is 0 Å². The van der Waals surface area contributed by atoms with Gasteiger partial charge >= 0.3 is 0 Å². The van der Waals surface area contributed by atoms with Gasteiger partial charge in [0.05, 0.1) is 13.2 Å². The van der Waals surface area contributed by atoms with Crippen LogP contribution in [0.25, 0.3) is 11.0 Å². The SMILES string of the molecule is COc1ccc2oc(C(=O)NC(c3ccccc3)c3cccs3)c(C)c2c1. The van der Waals surface area contributed by atoms with E-state index in [0.717, 1.165) is 27.1 Å². The molecular formula is C22H19NO3S. The van der Waals surface area contributed by atoms with Gasteiger partial charge in [-0.25, -0.2) is 0 Å². The van der Waals surface area contributed by atoms with Crippen LogP contribution in [-0.4, -0.2) is 13.0 Å². The lowest BCUT2D eigenvalue weighted by Crippen LogP contribution is -2.28. The van der Waals surface area contributed by atoms with E-state index in [-0.39, 0.29) is 11.9 Å². The number of carbonyl (C=O) groups excluding carboxylic acids is 1. The van der Waals surface area contributed by atoms with Gasteiger partial charge in [-0.15, -0.1) is 11.3 Å². The summed E-state index contributed by atoms with van der Waals surface area (Å²) in [6.07, 6.45) is 0. The molecule has 4 rings (SSSR count). The van der Waals surface area contributed by atoms with Crippen molar-refractivity contribution in [1.29, 1.82) is 0 Å². The van der Waals surface area contributed by atoms with Crippen LogP contribution in [0, 0.1) is 6.92 Å². The average molecular weight is 377 g/mol. The average Bonchev–Trinajstić information content (AvgIpc) is 3.35. The molecule has 0 saturated carbocycles. The molecule has 1 unspecified atom stereocenters. The first-order valence-corrected chi connectivity index (χ1v) is 9.51. The van der Waals surface area contributed by atoms with Gasteiger partial charge in [0, 0.05) is 15.8 Å². The molecule has 0 fully saturated rings. The fourth-order valence-electron chi connectivity index (χ4n) is 3.16. The Hall–Kier alpha value is -3.05. The van der Waals surface area contributed by atoms with Crippen LogP contribution in [0.3, 0.4) is 0 Å². The van der Waals surface area contributed by atoms with Crippen molar-refractivity contribution in [1.82, 2.24) is 5.32 Å². The molecule has 2 aromatic carbocycles. The maximum Gasteiger partial charge on any atom is 0.288 e. The maximum atomic E-state index is 13.0. The van der Waals surface area contributed by atoms with Crippen molar-refractivity contribution < 1.29 is 13.9 Å². The molecule has 1 atom stereocenters. The maximum absolute atomic E-state index is 13.0. The van der Waals surface area contributed by atoms with Crippen LogP contribution in [0.15, 0.2) is 70.5 Å². The van der Waals surface area contributed by atoms with Crippen LogP contribution in [-0.2, 0) is 0 Å². The van der Waals surface area contributed by atoms with E-state index in [1.165, 1.54) is 0 Å². The molecule has 0 aliphatic rings. The van der Waals surface area contributed by atoms with Gasteiger partial charge in [0.15, 0.2) is 5.76 Å². The van der Waals surface area contributed by atoms with Gasteiger partial charge in [-0.1, -0.05) is 36.4 Å². The minimum atomic E-state index is -0.232. The Kier molecular flexibility index (Phi) is 4.69. The van der Waals surface area contributed by atoms with E-state index in [4.69, 9.17) is 9.15 Å². The van der Waals surface area contributed by atoms with E-state index >= 15 is 0 Å². The summed E-state index contributed by atoms with van der Waals surface area (Å²) in [6.45, 7) is 1.89. The summed E-state index contributed by atoms with van der Waals surface area (Å²) in [4.78, 5) is 14.1. The molecule has 0 spiro atoms. The van der Waals surface area contributed by atoms with Crippen molar-refractivity contribution in [2.24, 2.45) is 0 Å². The molecule has 0 aliphatic carbocycles. The molecule has 0 saturated heterocycles. The van der Waals surface area contributed by atoms with Crippen molar-refractivity contribution in [3.8, 4) is 5.75 Å². The van der Waals surface area contributed by atoms with Crippen molar-refractivity contribution in [3.05, 3.63) is 87.8 Å². The lowest BCUT2D eigenvalue weighted by molar-refractivity contribution is 0.0917. The van der Waals surface area contributed by atoms with E-state index in [1.54, 1.807) is 18.4 Å². The van der Waals surface area contributed by atoms with Gasteiger partial charge < -0.3 is 14.5 Å². The highest BCUT2D eigenvalue weighted by molar-refractivity contribution is 7.10. The summed E-state index contributed by atoms with van der Waals surface area (Å²) in [6, 6.07) is 19.3. The number of amides is 1. The number of furan rings is 1. The Balaban J connectivity index is 1.69. The lowest BCUT2D eigenvalue weighted by Gasteiger charge is -2.17. The number of methoxy groups -OCH3 is 1. The molecule has 0 bridgehead atoms. The first kappa shape index (κ1) is 17.4. The van der Waals surface area contributed by atoms with Crippen LogP contribution >= 0.6 is 11.3 Å². The summed E-state index contributed by atoms with van der Waals surface area (Å²) in [5, 5.41) is 6.02. The Morgan fingerprint density at radius 1 is 1.11 bits per heavy atom. The van der Waals surface area contributed by atoms with Crippen LogP contribution in [0.1, 0.15) is 32.6 Å². The highest BCUT2D eigenvalue weighted by Gasteiger charge is 2.23. The molecule has 27 heavy (non-hydrogen) atoms. The van der Waals surface area contributed by atoms with E-state index in [1.807, 2.05) is 73.0 Å². The third-order valence-corrected chi connectivity index (χ3v) is 5.52. The van der Waals surface area contributed by atoms with Gasteiger partial charge in [-0.2, -0.15) is 0 Å². The summed E-state index contributed by atoms with van der Waals surface area (Å²) in [5.74, 6) is 0.833. The molecular weight excluding hydrogens is 358 g/mol. The molecule has 4 aromatic rings. The summed E-state index contributed by atoms with van der Waals surface area (Å²) < 4.78 is 11.1. The van der Waals surface area contributed by atoms with Crippen LogP contribution in [0.5, 0.6) is 5.75 Å². The zero-order valence-corrected chi connectivity index (χ0v) is 15.9. The lowest BCUT2D eigenvalue weighted by atomic mass is 10.0. The zero-order chi connectivity index (χ0) is 18.8. The third-order valence-electron chi connectivity index (χ3n) is 4.59. The largest absolute Gasteiger partial charge is 0.497 e. The van der Waals surface area contributed by atoms with Crippen LogP contribution in [0.4, 0.5) is 0 Å². The van der Waals surface area contributed by atoms with Gasteiger partial charge in [-0.3, -0.25) is 4.79 Å². The molecule has 1 amide bonds. The molecule has 2 aromatic heterocycles. The van der Waals surface area contributed by atoms with Gasteiger partial charge in [0.25, 0.3) is 5.91 Å². The quantitative estimate of drug-likeness (QED) is 0.511. The standard InChI is InChI=1S/C22H19NO3S/c1-14-17-13-16(25-2)10-11-18(17)26-21(14)22(24)23-20(19-9-6-12-27-19)15-7-4-3-5-8-15/h3-13,20H,1-2H3,(H,23,24). The minimum absolute atomic E-state index is 0.221. The Morgan fingerprint density at radius 3 is 2.63 bits per heavy atom. The van der Waals surface area contributed by atoms with Crippen molar-refractivity contribution in [2.45, 2.75) is 13.0 Å². The number of carbonyl (C=O) groups is 1. The summed E-state index contributed by atoms with van der Waals surface area (Å²) in [7, 11) is 1.62. The molecule has 0 aliphatic heterocycles. The Labute approximate surface area is 161 Å². The van der Waals surface area contributed by atoms with Crippen LogP contribution in [0.2, 0.25) is 0 Å². The van der Waals surface area contributed by atoms with Crippen molar-refractivity contribution in [2.75, 3.05) is 7.11 Å². The van der Waals surface area contributed by atoms with Gasteiger partial charge in [0.2, 0.25) is 0 Å². The molecule has 1 N–H and O–H groups in total. The second kappa shape index (κ2) is 7.29. The third kappa shape index (κ3) is 3.34. The Morgan fingerprint density at radius 2 is 1.93 bits per heavy atom. The van der Waals surface area contributed by atoms with E-state index in [2.05, 4.69) is 5.32 Å². The monoisotopic (exact) mass is 377 g/mol. The van der Waals surface area contributed by atoms with Crippen molar-refractivity contribution >= 4 is 28.2 Å². The fraction of sp³-hybridized carbons (Fsp3) is 0.136. The molecule has 136 valence electrons. The van der Waals surface area contributed by atoms with Gasteiger partial charge in [0.1, 0.15) is 11.3 Å². The highest BCUT2D eigenvalue weighted by Crippen LogP contribution is 2.30. The summed E-state index contributed by atoms with van der Waals surface area (Å²) in [5.41, 5.74) is 2.51. The number of ether oxygens (including phenoxy) is 1. The first-order chi connectivity index (χ1) is 13.2. The number of thiophene rings is 1. The second-order valence-corrected chi connectivity index (χ2v) is 7.23. The predicted octanol–water partition coefficient (Wildman–Crippen LogP) is 5.33. The van der Waals surface area contributed by atoms with E-state index in [9.17, 15) is 4.79 Å². The molecule has 4 nitrogen and oxygen atoms in total. The van der Waals surface area contributed by atoms with Crippen molar-refractivity contribution in [3.63, 3.8) is 0 Å². The number of benzene rings is 2. The van der Waals surface area contributed by atoms with E-state index in [0.29, 0.717) is 11.3 Å². The first-order valence-electron chi connectivity index (χ1n) is 8.63. The molecule has 2 heterocycles. The predicted molar refractivity (Wildman–Crippen MR) is 108 cm³/mol. The highest BCUT2D eigenvalue weighted by atomic mass is 32.1. The Bertz CT molecular complexity index is 1070. The minimum Gasteiger partial charge on any atom is -0.497 e. The zero-order valence-electron chi connectivity index (χ0n) is 15.1. The normalized spacial score (nSPS) is 12.1. The topological polar surface area (TPSA) is 51.5 Å². The molecule has 5 heteroatoms. The summed E-state index contributed by atoms with van der Waals surface area (Å²) >= 11 is 1.62. The fourth-order valence-corrected chi connectivity index (χ4v) is 3.96. The smallest absolute Gasteiger partial charge is 0.288 e. The number of rotatable bonds is 5. The van der Waals surface area contributed by atoms with Gasteiger partial charge in [-0.05, 0) is 42.1 Å². The van der Waals surface area contributed by atoms with Crippen LogP contribution < -0.4 is 10.1 Å². The number of hydrogen-bond donors (Lipinski definition) is 1. The second-order valence-electron chi connectivity index (χ2n) is 6.25. The molecule has 0 radical (unpaired) electrons. The number of fused-ring (bicyclic) bond motifs is 1. The number of nitrogens with one attached hydrogen (secondary N) is 1. The number of aryl methyl sites for hydroxylation is 1.